The first-order chi connectivity index (χ1) is 11.3. The van der Waals surface area contributed by atoms with E-state index < -0.39 is 11.4 Å². The average Bonchev–Trinajstić information content (AvgIpc) is 3.14. The fourth-order valence-corrected chi connectivity index (χ4v) is 3.98. The highest BCUT2D eigenvalue weighted by atomic mass is 32.2. The molecule has 23 heavy (non-hydrogen) atoms. The number of fused-ring (bicyclic) bond motifs is 4. The normalized spacial score (nSPS) is 26.7. The largest absolute Gasteiger partial charge is 0.339 e. The van der Waals surface area contributed by atoms with Gasteiger partial charge in [-0.1, -0.05) is 31.0 Å². The van der Waals surface area contributed by atoms with Crippen molar-refractivity contribution >= 4 is 33.3 Å². The van der Waals surface area contributed by atoms with Crippen LogP contribution in [0.5, 0.6) is 0 Å². The highest BCUT2D eigenvalue weighted by Crippen LogP contribution is 2.30. The Kier molecular flexibility index (Phi) is 4.07. The van der Waals surface area contributed by atoms with E-state index in [1.165, 1.54) is 18.2 Å². The average molecular weight is 331 g/mol. The number of hydrogen-bond donors (Lipinski definition) is 1. The molecule has 1 unspecified atom stereocenters. The van der Waals surface area contributed by atoms with Gasteiger partial charge in [-0.2, -0.15) is 4.21 Å². The Hall–Kier alpha value is -1.83. The minimum absolute atomic E-state index is 0.120. The summed E-state index contributed by atoms with van der Waals surface area (Å²) in [6.45, 7) is 0. The Labute approximate surface area is 136 Å². The summed E-state index contributed by atoms with van der Waals surface area (Å²) in [5.74, 6) is 0. The molecule has 3 atom stereocenters. The number of nitrogens with one attached hydrogen (secondary N) is 1. The van der Waals surface area contributed by atoms with Crippen molar-refractivity contribution in [3.63, 3.8) is 0 Å². The monoisotopic (exact) mass is 331 g/mol. The lowest BCUT2D eigenvalue weighted by Crippen LogP contribution is -2.25. The van der Waals surface area contributed by atoms with E-state index in [2.05, 4.69) is 21.0 Å². The molecule has 1 saturated heterocycles. The summed E-state index contributed by atoms with van der Waals surface area (Å²) >= 11 is -1.44. The Balaban J connectivity index is 0.000000122. The molecule has 1 aromatic carbocycles. The number of rotatable bonds is 0. The maximum Gasteiger partial charge on any atom is 0.305 e. The van der Waals surface area contributed by atoms with Crippen LogP contribution in [-0.2, 0) is 19.7 Å². The molecule has 120 valence electrons. The van der Waals surface area contributed by atoms with Crippen LogP contribution < -0.4 is 0 Å². The number of H-pyrrole nitrogens is 1. The van der Waals surface area contributed by atoms with Gasteiger partial charge in [0.2, 0.25) is 0 Å². The van der Waals surface area contributed by atoms with Gasteiger partial charge in [-0.3, -0.25) is 8.37 Å². The molecular weight excluding hydrogens is 314 g/mol. The van der Waals surface area contributed by atoms with Gasteiger partial charge in [0.05, 0.1) is 0 Å². The maximum atomic E-state index is 10.7. The van der Waals surface area contributed by atoms with E-state index in [0.717, 1.165) is 29.4 Å². The Bertz CT molecular complexity index is 784. The van der Waals surface area contributed by atoms with Crippen LogP contribution in [0.1, 0.15) is 25.7 Å². The van der Waals surface area contributed by atoms with Gasteiger partial charge >= 0.3 is 11.4 Å². The smallest absolute Gasteiger partial charge is 0.305 e. The molecule has 1 N–H and O–H groups in total. The van der Waals surface area contributed by atoms with Crippen LogP contribution in [0.2, 0.25) is 0 Å². The molecule has 5 rings (SSSR count). The van der Waals surface area contributed by atoms with Gasteiger partial charge in [0.15, 0.2) is 0 Å². The molecule has 0 radical (unpaired) electrons. The quantitative estimate of drug-likeness (QED) is 0.685. The lowest BCUT2D eigenvalue weighted by atomic mass is 9.95. The van der Waals surface area contributed by atoms with E-state index in [9.17, 15) is 4.21 Å². The zero-order valence-electron chi connectivity index (χ0n) is 12.5. The molecule has 7 heteroatoms. The van der Waals surface area contributed by atoms with Gasteiger partial charge < -0.3 is 4.98 Å². The van der Waals surface area contributed by atoms with Crippen LogP contribution in [0, 0.1) is 0 Å². The first-order valence-electron chi connectivity index (χ1n) is 7.74. The van der Waals surface area contributed by atoms with E-state index >= 15 is 0 Å². The summed E-state index contributed by atoms with van der Waals surface area (Å²) in [6, 6.07) is 8.13. The predicted octanol–water partition coefficient (Wildman–Crippen LogP) is 3.03. The minimum Gasteiger partial charge on any atom is -0.339 e. The van der Waals surface area contributed by atoms with Crippen LogP contribution in [0.3, 0.4) is 0 Å². The molecule has 1 aliphatic carbocycles. The van der Waals surface area contributed by atoms with E-state index in [0.29, 0.717) is 0 Å². The molecule has 0 spiro atoms. The van der Waals surface area contributed by atoms with E-state index in [1.54, 1.807) is 6.33 Å². The molecule has 2 fully saturated rings. The highest BCUT2D eigenvalue weighted by molar-refractivity contribution is 7.75. The van der Waals surface area contributed by atoms with E-state index in [1.807, 2.05) is 24.4 Å². The third kappa shape index (κ3) is 2.99. The third-order valence-electron chi connectivity index (χ3n) is 4.23. The van der Waals surface area contributed by atoms with Crippen LogP contribution >= 0.6 is 0 Å². The van der Waals surface area contributed by atoms with Crippen molar-refractivity contribution in [1.29, 1.82) is 0 Å². The lowest BCUT2D eigenvalue weighted by Gasteiger charge is -2.19. The van der Waals surface area contributed by atoms with Gasteiger partial charge in [0.25, 0.3) is 0 Å². The van der Waals surface area contributed by atoms with Gasteiger partial charge in [0.1, 0.15) is 24.2 Å². The molecule has 1 aliphatic heterocycles. The van der Waals surface area contributed by atoms with Crippen molar-refractivity contribution in [3.05, 3.63) is 36.8 Å². The number of para-hydroxylation sites is 1. The molecule has 1 saturated carbocycles. The fraction of sp³-hybridized carbons (Fsp3) is 0.375. The van der Waals surface area contributed by atoms with E-state index in [-0.39, 0.29) is 12.2 Å². The van der Waals surface area contributed by atoms with Crippen molar-refractivity contribution in [2.24, 2.45) is 0 Å². The SMILES string of the molecule is O=S1O[C@H]2CCCC[C@H]2O1.c1ccc2c(c1)[nH]c1ncncc12. The molecule has 0 bridgehead atoms. The van der Waals surface area contributed by atoms with Crippen LogP contribution in [0.15, 0.2) is 36.8 Å². The topological polar surface area (TPSA) is 77.1 Å². The molecule has 2 aromatic heterocycles. The minimum atomic E-state index is -1.44. The van der Waals surface area contributed by atoms with E-state index in [4.69, 9.17) is 8.37 Å². The van der Waals surface area contributed by atoms with Gasteiger partial charge in [0, 0.05) is 22.5 Å². The molecular formula is C16H17N3O3S. The second-order valence-electron chi connectivity index (χ2n) is 5.71. The van der Waals surface area contributed by atoms with Gasteiger partial charge in [-0.15, -0.1) is 0 Å². The molecule has 3 heterocycles. The Morgan fingerprint density at radius 3 is 2.61 bits per heavy atom. The Morgan fingerprint density at radius 2 is 1.83 bits per heavy atom. The van der Waals surface area contributed by atoms with Crippen molar-refractivity contribution < 1.29 is 12.6 Å². The standard InChI is InChI=1S/C10H7N3.C6H10O3S/c1-2-4-9-7(3-1)8-5-11-6-12-10(8)13-9;7-10-8-5-3-1-2-4-6(5)9-10/h1-6H,(H,11,12,13);5-6H,1-4H2/t;5-,6+,10?. The van der Waals surface area contributed by atoms with Crippen molar-refractivity contribution in [2.75, 3.05) is 0 Å². The number of benzene rings is 1. The summed E-state index contributed by atoms with van der Waals surface area (Å²) in [6.07, 6.45) is 8.01. The predicted molar refractivity (Wildman–Crippen MR) is 87.8 cm³/mol. The number of aromatic amines is 1. The summed E-state index contributed by atoms with van der Waals surface area (Å²) in [4.78, 5) is 11.4. The molecule has 0 amide bonds. The van der Waals surface area contributed by atoms with Crippen molar-refractivity contribution in [2.45, 2.75) is 37.9 Å². The zero-order valence-corrected chi connectivity index (χ0v) is 13.3. The molecule has 3 aromatic rings. The number of hydrogen-bond acceptors (Lipinski definition) is 5. The number of nitrogens with zero attached hydrogens (tertiary/aromatic N) is 2. The molecule has 2 aliphatic rings. The second kappa shape index (κ2) is 6.35. The summed E-state index contributed by atoms with van der Waals surface area (Å²) in [5, 5.41) is 2.26. The van der Waals surface area contributed by atoms with Crippen LogP contribution in [0.25, 0.3) is 21.9 Å². The zero-order chi connectivity index (χ0) is 15.6. The summed E-state index contributed by atoms with van der Waals surface area (Å²) in [7, 11) is 0. The van der Waals surface area contributed by atoms with Crippen LogP contribution in [0.4, 0.5) is 0 Å². The molecule has 6 nitrogen and oxygen atoms in total. The Morgan fingerprint density at radius 1 is 1.09 bits per heavy atom. The highest BCUT2D eigenvalue weighted by Gasteiger charge is 2.36. The summed E-state index contributed by atoms with van der Waals surface area (Å²) in [5.41, 5.74) is 2.01. The van der Waals surface area contributed by atoms with Crippen molar-refractivity contribution in [3.8, 4) is 0 Å². The third-order valence-corrected chi connectivity index (χ3v) is 5.04. The fourth-order valence-electron chi connectivity index (χ4n) is 3.09. The lowest BCUT2D eigenvalue weighted by molar-refractivity contribution is 0.110. The second-order valence-corrected chi connectivity index (χ2v) is 6.51. The van der Waals surface area contributed by atoms with Crippen molar-refractivity contribution in [1.82, 2.24) is 15.0 Å². The first-order valence-corrected chi connectivity index (χ1v) is 8.74. The summed E-state index contributed by atoms with van der Waals surface area (Å²) < 4.78 is 20.7. The van der Waals surface area contributed by atoms with Gasteiger partial charge in [-0.25, -0.2) is 9.97 Å². The van der Waals surface area contributed by atoms with Gasteiger partial charge in [-0.05, 0) is 18.9 Å². The number of aromatic nitrogens is 3. The maximum absolute atomic E-state index is 10.7. The van der Waals surface area contributed by atoms with Crippen LogP contribution in [-0.4, -0.2) is 31.4 Å². The first kappa shape index (κ1) is 14.7.